The molecule has 4 nitrogen and oxygen atoms in total. The maximum Gasteiger partial charge on any atom is 0.323 e. The quantitative estimate of drug-likeness (QED) is 0.415. The first-order chi connectivity index (χ1) is 10.8. The lowest BCUT2D eigenvalue weighted by Crippen LogP contribution is -2.39. The van der Waals surface area contributed by atoms with Gasteiger partial charge >= 0.3 is 11.9 Å². The number of hydrogen-bond donors (Lipinski definition) is 0. The van der Waals surface area contributed by atoms with E-state index in [1.54, 1.807) is 0 Å². The van der Waals surface area contributed by atoms with Crippen LogP contribution in [0, 0.1) is 11.3 Å². The molecule has 0 aliphatic heterocycles. The van der Waals surface area contributed by atoms with Gasteiger partial charge in [0.15, 0.2) is 5.41 Å². The van der Waals surface area contributed by atoms with Crippen molar-refractivity contribution in [3.05, 3.63) is 10.8 Å². The summed E-state index contributed by atoms with van der Waals surface area (Å²) in [7, 11) is 1.18. The van der Waals surface area contributed by atoms with Gasteiger partial charge in [-0.3, -0.25) is 9.59 Å². The fourth-order valence-electron chi connectivity index (χ4n) is 4.39. The van der Waals surface area contributed by atoms with Crippen molar-refractivity contribution in [1.82, 2.24) is 0 Å². The van der Waals surface area contributed by atoms with Gasteiger partial charge in [-0.25, -0.2) is 0 Å². The fourth-order valence-corrected chi connectivity index (χ4v) is 8.50. The lowest BCUT2D eigenvalue weighted by atomic mass is 9.85. The molecule has 1 atom stereocenters. The van der Waals surface area contributed by atoms with Gasteiger partial charge in [-0.05, 0) is 25.7 Å². The third-order valence-electron chi connectivity index (χ3n) is 6.20. The Balaban J connectivity index is 3.39. The lowest BCUT2D eigenvalue weighted by molar-refractivity contribution is -0.168. The molecule has 5 heteroatoms. The minimum atomic E-state index is -1.50. The molecule has 0 amide bonds. The van der Waals surface area contributed by atoms with Crippen LogP contribution in [0.1, 0.15) is 47.5 Å². The average Bonchev–Trinajstić information content (AvgIpc) is 2.93. The second-order valence-electron chi connectivity index (χ2n) is 6.84. The number of methoxy groups -OCH3 is 2. The Morgan fingerprint density at radius 2 is 1.52 bits per heavy atom. The number of hydrogen-bond acceptors (Lipinski definition) is 4. The second-order valence-corrected chi connectivity index (χ2v) is 12.3. The van der Waals surface area contributed by atoms with Gasteiger partial charge in [0, 0.05) is 0 Å². The van der Waals surface area contributed by atoms with Gasteiger partial charge in [0.25, 0.3) is 0 Å². The van der Waals surface area contributed by atoms with Crippen LogP contribution in [-0.2, 0) is 19.1 Å². The molecule has 0 spiro atoms. The van der Waals surface area contributed by atoms with Crippen molar-refractivity contribution in [3.8, 4) is 0 Å². The summed E-state index contributed by atoms with van der Waals surface area (Å²) in [5.41, 5.74) is 0.132. The van der Waals surface area contributed by atoms with E-state index in [4.69, 9.17) is 9.47 Å². The Morgan fingerprint density at radius 1 is 1.09 bits per heavy atom. The molecule has 1 unspecified atom stereocenters. The Labute approximate surface area is 141 Å². The lowest BCUT2D eigenvalue weighted by Gasteiger charge is -2.32. The number of carbonyl (C=O) groups is 2. The second kappa shape index (κ2) is 7.64. The predicted molar refractivity (Wildman–Crippen MR) is 94.8 cm³/mol. The van der Waals surface area contributed by atoms with Crippen molar-refractivity contribution in [2.75, 3.05) is 14.2 Å². The Morgan fingerprint density at radius 3 is 1.87 bits per heavy atom. The van der Waals surface area contributed by atoms with E-state index in [-0.39, 0.29) is 5.92 Å². The molecule has 1 aliphatic rings. The Bertz CT molecular complexity index is 467. The van der Waals surface area contributed by atoms with Crippen LogP contribution in [0.2, 0.25) is 18.1 Å². The highest BCUT2D eigenvalue weighted by Gasteiger charge is 2.55. The first-order valence-electron chi connectivity index (χ1n) is 8.65. The molecule has 1 saturated carbocycles. The third-order valence-corrected chi connectivity index (χ3v) is 12.2. The molecule has 1 fully saturated rings. The smallest absolute Gasteiger partial charge is 0.323 e. The van der Waals surface area contributed by atoms with E-state index in [9.17, 15) is 9.59 Å². The third kappa shape index (κ3) is 3.25. The first kappa shape index (κ1) is 19.9. The summed E-state index contributed by atoms with van der Waals surface area (Å²) in [5.74, 6) is -0.712. The van der Waals surface area contributed by atoms with Crippen LogP contribution in [-0.4, -0.2) is 34.2 Å². The monoisotopic (exact) mass is 340 g/mol. The molecule has 23 heavy (non-hydrogen) atoms. The maximum absolute atomic E-state index is 12.4. The molecule has 0 aromatic heterocycles. The number of esters is 2. The zero-order chi connectivity index (χ0) is 17.8. The summed E-state index contributed by atoms with van der Waals surface area (Å²) in [5, 5.41) is 1.48. The molecule has 1 aliphatic carbocycles. The SMILES string of the molecule is CC[Si](CC)(CC)/C(C)=C1\CC(C(=O)OC)(C(=O)OC)CC1C. The summed E-state index contributed by atoms with van der Waals surface area (Å²) >= 11 is 0. The van der Waals surface area contributed by atoms with Crippen molar-refractivity contribution in [3.63, 3.8) is 0 Å². The largest absolute Gasteiger partial charge is 0.468 e. The van der Waals surface area contributed by atoms with Crippen molar-refractivity contribution in [1.29, 1.82) is 0 Å². The van der Waals surface area contributed by atoms with Crippen molar-refractivity contribution >= 4 is 20.0 Å². The number of carbonyl (C=O) groups excluding carboxylic acids is 2. The van der Waals surface area contributed by atoms with Crippen LogP contribution >= 0.6 is 0 Å². The zero-order valence-electron chi connectivity index (χ0n) is 15.7. The molecule has 0 N–H and O–H groups in total. The van der Waals surface area contributed by atoms with Gasteiger partial charge in [-0.1, -0.05) is 56.6 Å². The molecule has 0 bridgehead atoms. The number of allylic oxidation sites excluding steroid dienone is 2. The van der Waals surface area contributed by atoms with Crippen molar-refractivity contribution in [2.45, 2.75) is 65.6 Å². The highest BCUT2D eigenvalue weighted by atomic mass is 28.3. The van der Waals surface area contributed by atoms with Crippen LogP contribution in [0.3, 0.4) is 0 Å². The van der Waals surface area contributed by atoms with Gasteiger partial charge < -0.3 is 9.47 Å². The highest BCUT2D eigenvalue weighted by Crippen LogP contribution is 2.50. The zero-order valence-corrected chi connectivity index (χ0v) is 16.7. The van der Waals surface area contributed by atoms with Gasteiger partial charge in [0.1, 0.15) is 0 Å². The Kier molecular flexibility index (Phi) is 6.63. The summed E-state index contributed by atoms with van der Waals surface area (Å²) < 4.78 is 9.90. The van der Waals surface area contributed by atoms with Gasteiger partial charge in [-0.2, -0.15) is 0 Å². The normalized spacial score (nSPS) is 22.7. The van der Waals surface area contributed by atoms with E-state index in [0.29, 0.717) is 12.8 Å². The van der Waals surface area contributed by atoms with Gasteiger partial charge in [-0.15, -0.1) is 0 Å². The van der Waals surface area contributed by atoms with Crippen molar-refractivity contribution in [2.24, 2.45) is 11.3 Å². The molecule has 1 rings (SSSR count). The van der Waals surface area contributed by atoms with E-state index in [0.717, 1.165) is 0 Å². The van der Waals surface area contributed by atoms with Crippen LogP contribution < -0.4 is 0 Å². The van der Waals surface area contributed by atoms with E-state index in [1.165, 1.54) is 43.1 Å². The number of rotatable bonds is 6. The first-order valence-corrected chi connectivity index (χ1v) is 11.3. The van der Waals surface area contributed by atoms with E-state index < -0.39 is 25.4 Å². The standard InChI is InChI=1S/C18H32O4Si/c1-8-23(9-2,10-3)14(5)15-12-18(11-13(15)4,16(19)21-6)17(20)22-7/h13H,8-12H2,1-7H3/b15-14+. The van der Waals surface area contributed by atoms with E-state index in [2.05, 4.69) is 34.6 Å². The van der Waals surface area contributed by atoms with Crippen molar-refractivity contribution < 1.29 is 19.1 Å². The fraction of sp³-hybridized carbons (Fsp3) is 0.778. The number of ether oxygens (including phenoxy) is 2. The van der Waals surface area contributed by atoms with Crippen LogP contribution in [0.5, 0.6) is 0 Å². The predicted octanol–water partition coefficient (Wildman–Crippen LogP) is 4.11. The van der Waals surface area contributed by atoms with Crippen LogP contribution in [0.25, 0.3) is 0 Å². The van der Waals surface area contributed by atoms with Crippen LogP contribution in [0.4, 0.5) is 0 Å². The summed E-state index contributed by atoms with van der Waals surface area (Å²) in [6.45, 7) is 11.2. The van der Waals surface area contributed by atoms with E-state index >= 15 is 0 Å². The summed E-state index contributed by atoms with van der Waals surface area (Å²) in [6.07, 6.45) is 0.939. The van der Waals surface area contributed by atoms with Gasteiger partial charge in [0.2, 0.25) is 0 Å². The molecule has 132 valence electrons. The highest BCUT2D eigenvalue weighted by molar-refractivity contribution is 6.86. The molecule has 0 radical (unpaired) electrons. The average molecular weight is 341 g/mol. The summed E-state index contributed by atoms with van der Waals surface area (Å²) in [4.78, 5) is 24.7. The minimum Gasteiger partial charge on any atom is -0.468 e. The molecule has 0 heterocycles. The Hall–Kier alpha value is -1.10. The molecule has 0 aromatic rings. The van der Waals surface area contributed by atoms with E-state index in [1.807, 2.05) is 0 Å². The molecular weight excluding hydrogens is 308 g/mol. The van der Waals surface area contributed by atoms with Crippen LogP contribution in [0.15, 0.2) is 10.8 Å². The maximum atomic E-state index is 12.4. The summed E-state index contributed by atoms with van der Waals surface area (Å²) in [6, 6.07) is 3.60. The molecule has 0 aromatic carbocycles. The van der Waals surface area contributed by atoms with Gasteiger partial charge in [0.05, 0.1) is 22.3 Å². The molecule has 0 saturated heterocycles. The molecular formula is C18H32O4Si. The topological polar surface area (TPSA) is 52.6 Å². The minimum absolute atomic E-state index is 0.213.